The smallest absolute Gasteiger partial charge is 0.294 e. The van der Waals surface area contributed by atoms with E-state index < -0.39 is 10.1 Å². The van der Waals surface area contributed by atoms with E-state index in [4.69, 9.17) is 14.0 Å². The molecule has 8 heteroatoms. The van der Waals surface area contributed by atoms with Gasteiger partial charge in [-0.1, -0.05) is 6.07 Å². The van der Waals surface area contributed by atoms with E-state index in [1.165, 1.54) is 23.5 Å². The lowest BCUT2D eigenvalue weighted by Gasteiger charge is -2.25. The third-order valence-electron chi connectivity index (χ3n) is 2.98. The van der Waals surface area contributed by atoms with Gasteiger partial charge in [-0.3, -0.25) is 4.55 Å². The molecule has 0 spiro atoms. The lowest BCUT2D eigenvalue weighted by molar-refractivity contribution is 0.101. The quantitative estimate of drug-likeness (QED) is 0.838. The van der Waals surface area contributed by atoms with Gasteiger partial charge in [0.2, 0.25) is 0 Å². The summed E-state index contributed by atoms with van der Waals surface area (Å²) in [7, 11) is -4.20. The molecule has 1 aromatic heterocycles. The molecule has 1 aliphatic rings. The number of hydrogen-bond donors (Lipinski definition) is 2. The van der Waals surface area contributed by atoms with Crippen molar-refractivity contribution in [3.63, 3.8) is 0 Å². The number of thiophene rings is 1. The third-order valence-corrected chi connectivity index (χ3v) is 4.53. The summed E-state index contributed by atoms with van der Waals surface area (Å²) >= 11 is 1.51. The average molecular weight is 327 g/mol. The van der Waals surface area contributed by atoms with Crippen LogP contribution in [0.1, 0.15) is 0 Å². The van der Waals surface area contributed by atoms with Crippen molar-refractivity contribution < 1.29 is 22.4 Å². The molecule has 0 bridgehead atoms. The van der Waals surface area contributed by atoms with Crippen LogP contribution in [0.15, 0.2) is 39.9 Å². The monoisotopic (exact) mass is 327 g/mol. The van der Waals surface area contributed by atoms with Gasteiger partial charge in [-0.15, -0.1) is 11.3 Å². The molecule has 0 amide bonds. The Morgan fingerprint density at radius 2 is 2.14 bits per heavy atom. The molecule has 3 rings (SSSR count). The number of nitrogens with one attached hydrogen (secondary N) is 1. The summed E-state index contributed by atoms with van der Waals surface area (Å²) in [4.78, 5) is -0.145. The molecule has 6 nitrogen and oxygen atoms in total. The first-order chi connectivity index (χ1) is 10.0. The molecule has 0 aliphatic carbocycles. The third kappa shape index (κ3) is 3.29. The standard InChI is InChI=1S/C13H13NO5S2/c15-21(16,17)11-3-1-2-9(4-11)14-5-10-6-18-12-7-20-8-13(12)19-10/h1-4,7-8,10,14H,5-6H2,(H,15,16,17). The van der Waals surface area contributed by atoms with E-state index in [1.54, 1.807) is 12.1 Å². The van der Waals surface area contributed by atoms with Gasteiger partial charge in [0.05, 0.1) is 11.4 Å². The Morgan fingerprint density at radius 3 is 2.95 bits per heavy atom. The molecule has 2 aromatic rings. The van der Waals surface area contributed by atoms with Crippen LogP contribution in [0, 0.1) is 0 Å². The second-order valence-corrected chi connectivity index (χ2v) is 6.70. The molecule has 0 fully saturated rings. The lowest BCUT2D eigenvalue weighted by Crippen LogP contribution is -2.34. The van der Waals surface area contributed by atoms with E-state index in [0.717, 1.165) is 11.5 Å². The second-order valence-electron chi connectivity index (χ2n) is 4.53. The molecular formula is C13H13NO5S2. The zero-order chi connectivity index (χ0) is 14.9. The van der Waals surface area contributed by atoms with Gasteiger partial charge in [0.25, 0.3) is 10.1 Å². The molecule has 21 heavy (non-hydrogen) atoms. The highest BCUT2D eigenvalue weighted by Crippen LogP contribution is 2.35. The van der Waals surface area contributed by atoms with Gasteiger partial charge < -0.3 is 14.8 Å². The lowest BCUT2D eigenvalue weighted by atomic mass is 10.3. The maximum absolute atomic E-state index is 11.1. The van der Waals surface area contributed by atoms with Crippen LogP contribution in [-0.2, 0) is 10.1 Å². The van der Waals surface area contributed by atoms with Gasteiger partial charge >= 0.3 is 0 Å². The fraction of sp³-hybridized carbons (Fsp3) is 0.231. The average Bonchev–Trinajstić information content (AvgIpc) is 2.92. The molecule has 1 aromatic carbocycles. The van der Waals surface area contributed by atoms with Crippen LogP contribution in [0.4, 0.5) is 5.69 Å². The van der Waals surface area contributed by atoms with Crippen molar-refractivity contribution in [2.24, 2.45) is 0 Å². The molecule has 112 valence electrons. The van der Waals surface area contributed by atoms with E-state index in [1.807, 2.05) is 10.8 Å². The number of hydrogen-bond acceptors (Lipinski definition) is 6. The van der Waals surface area contributed by atoms with Crippen molar-refractivity contribution in [2.45, 2.75) is 11.0 Å². The fourth-order valence-corrected chi connectivity index (χ4v) is 3.16. The van der Waals surface area contributed by atoms with Crippen LogP contribution in [-0.4, -0.2) is 32.2 Å². The first-order valence-corrected chi connectivity index (χ1v) is 8.58. The molecule has 0 radical (unpaired) electrons. The molecule has 1 unspecified atom stereocenters. The van der Waals surface area contributed by atoms with Crippen LogP contribution in [0.2, 0.25) is 0 Å². The maximum Gasteiger partial charge on any atom is 0.294 e. The second kappa shape index (κ2) is 5.55. The summed E-state index contributed by atoms with van der Waals surface area (Å²) in [5.41, 5.74) is 0.588. The Bertz CT molecular complexity index is 741. The van der Waals surface area contributed by atoms with Crippen molar-refractivity contribution in [3.8, 4) is 11.5 Å². The zero-order valence-electron chi connectivity index (χ0n) is 10.9. The summed E-state index contributed by atoms with van der Waals surface area (Å²) in [5.74, 6) is 1.48. The highest BCUT2D eigenvalue weighted by atomic mass is 32.2. The molecule has 1 aliphatic heterocycles. The molecule has 0 saturated heterocycles. The Hall–Kier alpha value is -1.77. The minimum atomic E-state index is -4.20. The van der Waals surface area contributed by atoms with Gasteiger partial charge in [-0.05, 0) is 18.2 Å². The highest BCUT2D eigenvalue weighted by molar-refractivity contribution is 7.85. The largest absolute Gasteiger partial charge is 0.485 e. The Kier molecular flexibility index (Phi) is 3.75. The van der Waals surface area contributed by atoms with Crippen molar-refractivity contribution in [1.29, 1.82) is 0 Å². The summed E-state index contributed by atoms with van der Waals surface area (Å²) in [6, 6.07) is 5.97. The highest BCUT2D eigenvalue weighted by Gasteiger charge is 2.21. The van der Waals surface area contributed by atoms with E-state index >= 15 is 0 Å². The van der Waals surface area contributed by atoms with Gasteiger partial charge in [0, 0.05) is 16.4 Å². The number of ether oxygens (including phenoxy) is 2. The number of fused-ring (bicyclic) bond motifs is 1. The van der Waals surface area contributed by atoms with Gasteiger partial charge in [0.15, 0.2) is 11.5 Å². The number of benzene rings is 1. The first kappa shape index (κ1) is 14.2. The fourth-order valence-electron chi connectivity index (χ4n) is 1.96. The number of rotatable bonds is 4. The SMILES string of the molecule is O=S(=O)(O)c1cccc(NCC2COc3cscc3O2)c1. The van der Waals surface area contributed by atoms with E-state index in [-0.39, 0.29) is 11.0 Å². The molecule has 1 atom stereocenters. The van der Waals surface area contributed by atoms with E-state index in [0.29, 0.717) is 18.8 Å². The predicted octanol–water partition coefficient (Wildman–Crippen LogP) is 2.25. The van der Waals surface area contributed by atoms with Crippen LogP contribution < -0.4 is 14.8 Å². The summed E-state index contributed by atoms with van der Waals surface area (Å²) < 4.78 is 42.5. The Morgan fingerprint density at radius 1 is 1.33 bits per heavy atom. The summed E-state index contributed by atoms with van der Waals surface area (Å²) in [6.45, 7) is 0.888. The minimum Gasteiger partial charge on any atom is -0.485 e. The molecule has 0 saturated carbocycles. The van der Waals surface area contributed by atoms with Crippen molar-refractivity contribution in [2.75, 3.05) is 18.5 Å². The van der Waals surface area contributed by atoms with Gasteiger partial charge in [-0.25, -0.2) is 0 Å². The Labute approximate surface area is 126 Å². The summed E-state index contributed by atoms with van der Waals surface area (Å²) in [6.07, 6.45) is -0.165. The minimum absolute atomic E-state index is 0.145. The topological polar surface area (TPSA) is 84.9 Å². The van der Waals surface area contributed by atoms with Crippen molar-refractivity contribution in [3.05, 3.63) is 35.0 Å². The summed E-state index contributed by atoms with van der Waals surface area (Å²) in [5, 5.41) is 6.83. The van der Waals surface area contributed by atoms with Crippen LogP contribution in [0.25, 0.3) is 0 Å². The van der Waals surface area contributed by atoms with E-state index in [2.05, 4.69) is 5.32 Å². The van der Waals surface area contributed by atoms with E-state index in [9.17, 15) is 8.42 Å². The molecule has 2 N–H and O–H groups in total. The van der Waals surface area contributed by atoms with Crippen molar-refractivity contribution in [1.82, 2.24) is 0 Å². The Balaban J connectivity index is 1.64. The number of anilines is 1. The normalized spacial score (nSPS) is 17.5. The zero-order valence-corrected chi connectivity index (χ0v) is 12.5. The molecule has 2 heterocycles. The first-order valence-electron chi connectivity index (χ1n) is 6.19. The van der Waals surface area contributed by atoms with Crippen molar-refractivity contribution >= 4 is 27.1 Å². The van der Waals surface area contributed by atoms with Crippen LogP contribution in [0.5, 0.6) is 11.5 Å². The molecular weight excluding hydrogens is 314 g/mol. The predicted molar refractivity (Wildman–Crippen MR) is 79.0 cm³/mol. The van der Waals surface area contributed by atoms with Crippen LogP contribution in [0.3, 0.4) is 0 Å². The van der Waals surface area contributed by atoms with Gasteiger partial charge in [-0.2, -0.15) is 8.42 Å². The van der Waals surface area contributed by atoms with Crippen LogP contribution >= 0.6 is 11.3 Å². The van der Waals surface area contributed by atoms with Gasteiger partial charge in [0.1, 0.15) is 12.7 Å². The maximum atomic E-state index is 11.1.